The number of aromatic nitrogens is 4. The van der Waals surface area contributed by atoms with Crippen LogP contribution in [0, 0.1) is 12.7 Å². The predicted molar refractivity (Wildman–Crippen MR) is 117 cm³/mol. The minimum Gasteiger partial charge on any atom is -0.481 e. The fraction of sp³-hybridized carbons (Fsp3) is 0.261. The minimum atomic E-state index is -0.737. The van der Waals surface area contributed by atoms with Gasteiger partial charge in [-0.3, -0.25) is 4.79 Å². The Hall–Kier alpha value is -4.12. The van der Waals surface area contributed by atoms with Crippen molar-refractivity contribution in [1.82, 2.24) is 25.6 Å². The van der Waals surface area contributed by atoms with Gasteiger partial charge in [0.25, 0.3) is 11.8 Å². The Morgan fingerprint density at radius 3 is 2.44 bits per heavy atom. The zero-order chi connectivity index (χ0) is 24.1. The molecule has 0 aliphatic carbocycles. The van der Waals surface area contributed by atoms with Crippen molar-refractivity contribution in [3.63, 3.8) is 0 Å². The van der Waals surface area contributed by atoms with Crippen molar-refractivity contribution in [2.75, 3.05) is 13.2 Å². The maximum Gasteiger partial charge on any atom is 0.268 e. The Morgan fingerprint density at radius 1 is 1.09 bits per heavy atom. The molecule has 2 aromatic carbocycles. The number of benzene rings is 2. The maximum absolute atomic E-state index is 14.4. The zero-order valence-corrected chi connectivity index (χ0v) is 18.5. The summed E-state index contributed by atoms with van der Waals surface area (Å²) in [6.45, 7) is 3.42. The smallest absolute Gasteiger partial charge is 0.268 e. The summed E-state index contributed by atoms with van der Waals surface area (Å²) in [4.78, 5) is 20.5. The predicted octanol–water partition coefficient (Wildman–Crippen LogP) is 3.49. The second-order valence-corrected chi connectivity index (χ2v) is 7.31. The van der Waals surface area contributed by atoms with Gasteiger partial charge in [-0.05, 0) is 42.8 Å². The molecule has 0 radical (unpaired) electrons. The van der Waals surface area contributed by atoms with Crippen LogP contribution < -0.4 is 10.1 Å². The molecule has 1 amide bonds. The largest absolute Gasteiger partial charge is 0.481 e. The third kappa shape index (κ3) is 5.09. The molecule has 4 rings (SSSR count). The van der Waals surface area contributed by atoms with Gasteiger partial charge < -0.3 is 24.2 Å². The lowest BCUT2D eigenvalue weighted by Crippen LogP contribution is -2.27. The fourth-order valence-electron chi connectivity index (χ4n) is 3.16. The monoisotopic (exact) mass is 467 g/mol. The molecule has 0 aliphatic rings. The molecule has 0 fully saturated rings. The first kappa shape index (κ1) is 23.1. The van der Waals surface area contributed by atoms with Crippen LogP contribution >= 0.6 is 0 Å². The van der Waals surface area contributed by atoms with Crippen LogP contribution in [0.1, 0.15) is 41.6 Å². The zero-order valence-electron chi connectivity index (χ0n) is 18.5. The quantitative estimate of drug-likeness (QED) is 0.379. The highest BCUT2D eigenvalue weighted by molar-refractivity contribution is 5.94. The van der Waals surface area contributed by atoms with E-state index < -0.39 is 17.8 Å². The van der Waals surface area contributed by atoms with Crippen LogP contribution in [-0.4, -0.2) is 44.4 Å². The van der Waals surface area contributed by atoms with Crippen molar-refractivity contribution in [3.05, 3.63) is 65.6 Å². The van der Waals surface area contributed by atoms with E-state index in [0.717, 1.165) is 11.6 Å². The normalized spacial score (nSPS) is 11.9. The minimum absolute atomic E-state index is 0.0339. The highest BCUT2D eigenvalue weighted by atomic mass is 19.1. The van der Waals surface area contributed by atoms with Gasteiger partial charge in [-0.1, -0.05) is 23.3 Å². The van der Waals surface area contributed by atoms with Gasteiger partial charge in [0, 0.05) is 24.6 Å². The number of hydrogen-bond donors (Lipinski definition) is 2. The number of ether oxygens (including phenoxy) is 1. The van der Waals surface area contributed by atoms with Gasteiger partial charge in [0.2, 0.25) is 17.5 Å². The SMILES string of the molecule is CCC(Oc1ccc(-c2noc(C)n2)cc1)c1nc(-c2ccc(C(=O)NCCO)c(F)c2)no1. The average Bonchev–Trinajstić information content (AvgIpc) is 3.51. The number of nitrogens with zero attached hydrogens (tertiary/aromatic N) is 4. The number of aliphatic hydroxyl groups excluding tert-OH is 1. The number of carbonyl (C=O) groups is 1. The van der Waals surface area contributed by atoms with E-state index in [1.807, 2.05) is 19.1 Å². The number of nitrogens with one attached hydrogen (secondary N) is 1. The van der Waals surface area contributed by atoms with Crippen molar-refractivity contribution >= 4 is 5.91 Å². The molecule has 1 unspecified atom stereocenters. The van der Waals surface area contributed by atoms with Crippen LogP contribution in [0.2, 0.25) is 0 Å². The van der Waals surface area contributed by atoms with Gasteiger partial charge in [-0.2, -0.15) is 9.97 Å². The molecular weight excluding hydrogens is 445 g/mol. The number of halogens is 1. The number of rotatable bonds is 9. The second-order valence-electron chi connectivity index (χ2n) is 7.31. The second kappa shape index (κ2) is 10.2. The molecule has 0 spiro atoms. The van der Waals surface area contributed by atoms with E-state index >= 15 is 0 Å². The number of aliphatic hydroxyl groups is 1. The van der Waals surface area contributed by atoms with E-state index in [1.54, 1.807) is 19.1 Å². The lowest BCUT2D eigenvalue weighted by atomic mass is 10.1. The molecular formula is C23H22FN5O5. The molecule has 0 saturated carbocycles. The number of carbonyl (C=O) groups excluding carboxylic acids is 1. The summed E-state index contributed by atoms with van der Waals surface area (Å²) in [6, 6.07) is 11.2. The van der Waals surface area contributed by atoms with Crippen molar-refractivity contribution in [1.29, 1.82) is 0 Å². The molecule has 2 aromatic heterocycles. The molecule has 0 saturated heterocycles. The third-order valence-corrected chi connectivity index (χ3v) is 4.88. The van der Waals surface area contributed by atoms with E-state index in [9.17, 15) is 9.18 Å². The first-order chi connectivity index (χ1) is 16.5. The van der Waals surface area contributed by atoms with Crippen LogP contribution in [-0.2, 0) is 0 Å². The Balaban J connectivity index is 1.47. The van der Waals surface area contributed by atoms with E-state index in [1.165, 1.54) is 12.1 Å². The van der Waals surface area contributed by atoms with Gasteiger partial charge in [-0.15, -0.1) is 0 Å². The number of amides is 1. The lowest BCUT2D eigenvalue weighted by molar-refractivity contribution is 0.0940. The van der Waals surface area contributed by atoms with Crippen LogP contribution in [0.4, 0.5) is 4.39 Å². The molecule has 10 nitrogen and oxygen atoms in total. The van der Waals surface area contributed by atoms with Crippen LogP contribution in [0.3, 0.4) is 0 Å². The molecule has 4 aromatic rings. The summed E-state index contributed by atoms with van der Waals surface area (Å²) < 4.78 is 30.8. The molecule has 176 valence electrons. The van der Waals surface area contributed by atoms with E-state index in [0.29, 0.717) is 29.4 Å². The van der Waals surface area contributed by atoms with Crippen molar-refractivity contribution in [2.24, 2.45) is 0 Å². The fourth-order valence-corrected chi connectivity index (χ4v) is 3.16. The number of aryl methyl sites for hydroxylation is 1. The van der Waals surface area contributed by atoms with Gasteiger partial charge in [0.15, 0.2) is 6.10 Å². The lowest BCUT2D eigenvalue weighted by Gasteiger charge is -2.13. The molecule has 2 heterocycles. The summed E-state index contributed by atoms with van der Waals surface area (Å²) in [7, 11) is 0. The Kier molecular flexibility index (Phi) is 6.93. The first-order valence-electron chi connectivity index (χ1n) is 10.6. The molecule has 34 heavy (non-hydrogen) atoms. The highest BCUT2D eigenvalue weighted by Crippen LogP contribution is 2.28. The average molecular weight is 467 g/mol. The van der Waals surface area contributed by atoms with Crippen LogP contribution in [0.25, 0.3) is 22.8 Å². The van der Waals surface area contributed by atoms with Gasteiger partial charge >= 0.3 is 0 Å². The van der Waals surface area contributed by atoms with Crippen LogP contribution in [0.15, 0.2) is 51.5 Å². The number of hydrogen-bond acceptors (Lipinski definition) is 9. The van der Waals surface area contributed by atoms with Crippen molar-refractivity contribution < 1.29 is 28.1 Å². The topological polar surface area (TPSA) is 136 Å². The van der Waals surface area contributed by atoms with E-state index in [-0.39, 0.29) is 30.4 Å². The molecule has 11 heteroatoms. The van der Waals surface area contributed by atoms with Gasteiger partial charge in [-0.25, -0.2) is 4.39 Å². The van der Waals surface area contributed by atoms with Crippen molar-refractivity contribution in [3.8, 4) is 28.5 Å². The first-order valence-corrected chi connectivity index (χ1v) is 10.6. The molecule has 0 aliphatic heterocycles. The standard InChI is InChI=1S/C23H22FN5O5/c1-3-19(32-16-7-4-14(5-8-16)20-26-13(2)33-28-20)23-27-21(29-34-23)15-6-9-17(18(24)12-15)22(31)25-10-11-30/h4-9,12,19,30H,3,10-11H2,1-2H3,(H,25,31). The third-order valence-electron chi connectivity index (χ3n) is 4.88. The molecule has 1 atom stereocenters. The van der Waals surface area contributed by atoms with Crippen LogP contribution in [0.5, 0.6) is 5.75 Å². The van der Waals surface area contributed by atoms with Gasteiger partial charge in [0.1, 0.15) is 11.6 Å². The molecule has 0 bridgehead atoms. The summed E-state index contributed by atoms with van der Waals surface area (Å²) in [5.41, 5.74) is 0.990. The summed E-state index contributed by atoms with van der Waals surface area (Å²) in [5, 5.41) is 19.0. The Bertz CT molecular complexity index is 1270. The van der Waals surface area contributed by atoms with Gasteiger partial charge in [0.05, 0.1) is 12.2 Å². The highest BCUT2D eigenvalue weighted by Gasteiger charge is 2.21. The van der Waals surface area contributed by atoms with E-state index in [2.05, 4.69) is 25.6 Å². The molecule has 2 N–H and O–H groups in total. The summed E-state index contributed by atoms with van der Waals surface area (Å²) >= 11 is 0. The summed E-state index contributed by atoms with van der Waals surface area (Å²) in [5.74, 6) is 0.600. The summed E-state index contributed by atoms with van der Waals surface area (Å²) in [6.07, 6.45) is 0.0269. The van der Waals surface area contributed by atoms with Crippen molar-refractivity contribution in [2.45, 2.75) is 26.4 Å². The Labute approximate surface area is 193 Å². The Morgan fingerprint density at radius 2 is 1.79 bits per heavy atom. The maximum atomic E-state index is 14.4. The van der Waals surface area contributed by atoms with E-state index in [4.69, 9.17) is 18.9 Å².